The summed E-state index contributed by atoms with van der Waals surface area (Å²) in [5.41, 5.74) is 6.61. The molecule has 3 rings (SSSR count). The average molecular weight is 242 g/mol. The monoisotopic (exact) mass is 242 g/mol. The lowest BCUT2D eigenvalue weighted by Gasteiger charge is -2.29. The van der Waals surface area contributed by atoms with Crippen LogP contribution in [0, 0.1) is 0 Å². The van der Waals surface area contributed by atoms with Crippen molar-refractivity contribution in [1.29, 1.82) is 0 Å². The van der Waals surface area contributed by atoms with Gasteiger partial charge in [0, 0.05) is 18.8 Å². The van der Waals surface area contributed by atoms with Crippen molar-refractivity contribution >= 4 is 5.69 Å². The molecular weight excluding hydrogens is 229 g/mol. The first-order valence-electron chi connectivity index (χ1n) is 5.62. The van der Waals surface area contributed by atoms with E-state index < -0.39 is 11.7 Å². The van der Waals surface area contributed by atoms with Gasteiger partial charge in [0.05, 0.1) is 0 Å². The Hall–Kier alpha value is -1.23. The topological polar surface area (TPSA) is 29.3 Å². The Morgan fingerprint density at radius 2 is 1.88 bits per heavy atom. The molecule has 1 aromatic rings. The van der Waals surface area contributed by atoms with Crippen molar-refractivity contribution in [3.05, 3.63) is 29.3 Å². The molecule has 0 spiro atoms. The molecular formula is C12H13F3N2. The second-order valence-electron chi connectivity index (χ2n) is 4.87. The van der Waals surface area contributed by atoms with E-state index in [1.54, 1.807) is 12.1 Å². The molecule has 17 heavy (non-hydrogen) atoms. The fourth-order valence-electron chi connectivity index (χ4n) is 2.65. The lowest BCUT2D eigenvalue weighted by Crippen LogP contribution is -2.45. The molecule has 2 nitrogen and oxygen atoms in total. The van der Waals surface area contributed by atoms with Gasteiger partial charge >= 0.3 is 6.18 Å². The van der Waals surface area contributed by atoms with Gasteiger partial charge in [-0.2, -0.15) is 13.2 Å². The molecule has 0 radical (unpaired) electrons. The molecule has 0 unspecified atom stereocenters. The van der Waals surface area contributed by atoms with Gasteiger partial charge in [-0.25, -0.2) is 0 Å². The molecule has 0 amide bonds. The summed E-state index contributed by atoms with van der Waals surface area (Å²) >= 11 is 0. The minimum Gasteiger partial charge on any atom is -0.398 e. The Morgan fingerprint density at radius 3 is 2.41 bits per heavy atom. The van der Waals surface area contributed by atoms with Crippen LogP contribution >= 0.6 is 0 Å². The van der Waals surface area contributed by atoms with Gasteiger partial charge in [-0.3, -0.25) is 4.90 Å². The SMILES string of the molecule is Nc1cccc2c1CN(C1(C(F)(F)F)CC1)C2. The van der Waals surface area contributed by atoms with Crippen molar-refractivity contribution in [2.45, 2.75) is 37.6 Å². The van der Waals surface area contributed by atoms with Crippen LogP contribution in [0.25, 0.3) is 0 Å². The molecule has 5 heteroatoms. The molecule has 1 aliphatic heterocycles. The Bertz CT molecular complexity index is 463. The van der Waals surface area contributed by atoms with Crippen LogP contribution in [0.1, 0.15) is 24.0 Å². The third-order valence-corrected chi connectivity index (χ3v) is 3.88. The van der Waals surface area contributed by atoms with Crippen molar-refractivity contribution in [2.75, 3.05) is 5.73 Å². The van der Waals surface area contributed by atoms with Gasteiger partial charge in [-0.1, -0.05) is 12.1 Å². The van der Waals surface area contributed by atoms with E-state index in [1.807, 2.05) is 6.07 Å². The number of alkyl halides is 3. The van der Waals surface area contributed by atoms with Crippen LogP contribution in [-0.2, 0) is 13.1 Å². The minimum atomic E-state index is -4.14. The Kier molecular flexibility index (Phi) is 2.03. The summed E-state index contributed by atoms with van der Waals surface area (Å²) < 4.78 is 39.0. The van der Waals surface area contributed by atoms with Crippen molar-refractivity contribution < 1.29 is 13.2 Å². The van der Waals surface area contributed by atoms with Crippen LogP contribution < -0.4 is 5.73 Å². The highest BCUT2D eigenvalue weighted by molar-refractivity contribution is 5.52. The first-order valence-corrected chi connectivity index (χ1v) is 5.62. The zero-order chi connectivity index (χ0) is 12.3. The Balaban J connectivity index is 1.91. The highest BCUT2D eigenvalue weighted by Crippen LogP contribution is 2.55. The van der Waals surface area contributed by atoms with E-state index in [0.717, 1.165) is 11.1 Å². The second kappa shape index (κ2) is 3.16. The molecule has 2 aliphatic rings. The van der Waals surface area contributed by atoms with Gasteiger partial charge in [-0.05, 0) is 30.0 Å². The number of halogens is 3. The smallest absolute Gasteiger partial charge is 0.398 e. The molecule has 0 aromatic heterocycles. The highest BCUT2D eigenvalue weighted by Gasteiger charge is 2.67. The number of fused-ring (bicyclic) bond motifs is 1. The van der Waals surface area contributed by atoms with Crippen LogP contribution in [0.2, 0.25) is 0 Å². The van der Waals surface area contributed by atoms with E-state index >= 15 is 0 Å². The number of benzene rings is 1. The first kappa shape index (κ1) is 10.9. The lowest BCUT2D eigenvalue weighted by molar-refractivity contribution is -0.198. The maximum Gasteiger partial charge on any atom is 0.406 e. The van der Waals surface area contributed by atoms with Gasteiger partial charge in [0.1, 0.15) is 5.54 Å². The standard InChI is InChI=1S/C12H13F3N2/c13-12(14,15)11(4-5-11)17-6-8-2-1-3-10(16)9(8)7-17/h1-3H,4-7,16H2. The average Bonchev–Trinajstić information content (AvgIpc) is 2.94. The maximum atomic E-state index is 13.0. The Morgan fingerprint density at radius 1 is 1.18 bits per heavy atom. The van der Waals surface area contributed by atoms with Crippen LogP contribution in [-0.4, -0.2) is 16.6 Å². The minimum absolute atomic E-state index is 0.213. The number of hydrogen-bond donors (Lipinski definition) is 1. The van der Waals surface area contributed by atoms with Crippen LogP contribution in [0.5, 0.6) is 0 Å². The van der Waals surface area contributed by atoms with E-state index in [2.05, 4.69) is 0 Å². The normalized spacial score (nSPS) is 22.5. The summed E-state index contributed by atoms with van der Waals surface area (Å²) in [7, 11) is 0. The molecule has 1 saturated carbocycles. The summed E-state index contributed by atoms with van der Waals surface area (Å²) in [6.07, 6.45) is -3.71. The molecule has 92 valence electrons. The first-order chi connectivity index (χ1) is 7.94. The molecule has 1 heterocycles. The summed E-state index contributed by atoms with van der Waals surface area (Å²) in [4.78, 5) is 1.52. The van der Waals surface area contributed by atoms with Gasteiger partial charge in [0.15, 0.2) is 0 Å². The zero-order valence-electron chi connectivity index (χ0n) is 9.22. The van der Waals surface area contributed by atoms with E-state index in [-0.39, 0.29) is 12.8 Å². The summed E-state index contributed by atoms with van der Waals surface area (Å²) in [5, 5.41) is 0. The molecule has 1 aromatic carbocycles. The molecule has 2 N–H and O–H groups in total. The predicted molar refractivity (Wildman–Crippen MR) is 58.1 cm³/mol. The molecule has 1 fully saturated rings. The summed E-state index contributed by atoms with van der Waals surface area (Å²) in [6, 6.07) is 5.40. The number of nitrogens with zero attached hydrogens (tertiary/aromatic N) is 1. The van der Waals surface area contributed by atoms with Crippen molar-refractivity contribution in [1.82, 2.24) is 4.90 Å². The van der Waals surface area contributed by atoms with Gasteiger partial charge in [0.25, 0.3) is 0 Å². The van der Waals surface area contributed by atoms with E-state index in [4.69, 9.17) is 5.73 Å². The number of nitrogen functional groups attached to an aromatic ring is 1. The van der Waals surface area contributed by atoms with Crippen LogP contribution in [0.3, 0.4) is 0 Å². The third kappa shape index (κ3) is 1.45. The van der Waals surface area contributed by atoms with E-state index in [9.17, 15) is 13.2 Å². The van der Waals surface area contributed by atoms with Gasteiger partial charge in [-0.15, -0.1) is 0 Å². The number of anilines is 1. The fraction of sp³-hybridized carbons (Fsp3) is 0.500. The lowest BCUT2D eigenvalue weighted by atomic mass is 10.1. The fourth-order valence-corrected chi connectivity index (χ4v) is 2.65. The molecule has 0 atom stereocenters. The number of nitrogens with two attached hydrogens (primary N) is 1. The summed E-state index contributed by atoms with van der Waals surface area (Å²) in [5.74, 6) is 0. The summed E-state index contributed by atoms with van der Waals surface area (Å²) in [6.45, 7) is 0.682. The van der Waals surface area contributed by atoms with Crippen LogP contribution in [0.15, 0.2) is 18.2 Å². The number of hydrogen-bond acceptors (Lipinski definition) is 2. The third-order valence-electron chi connectivity index (χ3n) is 3.88. The molecule has 1 aliphatic carbocycles. The largest absolute Gasteiger partial charge is 0.406 e. The van der Waals surface area contributed by atoms with Gasteiger partial charge < -0.3 is 5.73 Å². The highest BCUT2D eigenvalue weighted by atomic mass is 19.4. The molecule has 0 saturated heterocycles. The quantitative estimate of drug-likeness (QED) is 0.767. The predicted octanol–water partition coefficient (Wildman–Crippen LogP) is 2.68. The van der Waals surface area contributed by atoms with Crippen molar-refractivity contribution in [3.8, 4) is 0 Å². The zero-order valence-corrected chi connectivity index (χ0v) is 9.22. The van der Waals surface area contributed by atoms with Crippen molar-refractivity contribution in [2.24, 2.45) is 0 Å². The van der Waals surface area contributed by atoms with E-state index in [0.29, 0.717) is 18.8 Å². The van der Waals surface area contributed by atoms with Crippen molar-refractivity contribution in [3.63, 3.8) is 0 Å². The number of rotatable bonds is 1. The van der Waals surface area contributed by atoms with Gasteiger partial charge in [0.2, 0.25) is 0 Å². The Labute approximate surface area is 97.2 Å². The maximum absolute atomic E-state index is 13.0. The second-order valence-corrected chi connectivity index (χ2v) is 4.87. The molecule has 0 bridgehead atoms. The van der Waals surface area contributed by atoms with Crippen LogP contribution in [0.4, 0.5) is 18.9 Å². The van der Waals surface area contributed by atoms with E-state index in [1.165, 1.54) is 4.90 Å².